The number of hydrogen-bond donors (Lipinski definition) is 0. The van der Waals surface area contributed by atoms with E-state index in [-0.39, 0.29) is 11.7 Å². The van der Waals surface area contributed by atoms with Crippen molar-refractivity contribution in [2.45, 2.75) is 25.3 Å². The van der Waals surface area contributed by atoms with Gasteiger partial charge in [-0.15, -0.1) is 6.58 Å². The zero-order valence-corrected chi connectivity index (χ0v) is 19.4. The average Bonchev–Trinajstić information content (AvgIpc) is 3.37. The summed E-state index contributed by atoms with van der Waals surface area (Å²) in [6.45, 7) is 8.77. The topological polar surface area (TPSA) is 90.2 Å². The minimum Gasteiger partial charge on any atom is -0.454 e. The summed E-state index contributed by atoms with van der Waals surface area (Å²) in [7, 11) is -3.58. The van der Waals surface area contributed by atoms with E-state index in [1.807, 2.05) is 16.7 Å². The standard InChI is InChI=1S/C22H23N3O5S2/c1-4-11-25-17-12-18-19(30-14-29-18)13-20(17)31-22(25)23-21(26)15-7-9-16(10-8-15)32(27,28)24(5-2)6-3/h4,7-10,12-13H,1,5-6,11,14H2,2-3H3. The smallest absolute Gasteiger partial charge is 0.279 e. The lowest BCUT2D eigenvalue weighted by Crippen LogP contribution is -2.30. The molecule has 0 aliphatic carbocycles. The third-order valence-corrected chi connectivity index (χ3v) is 8.24. The summed E-state index contributed by atoms with van der Waals surface area (Å²) in [5, 5.41) is 0. The van der Waals surface area contributed by atoms with Crippen molar-refractivity contribution in [3.8, 4) is 11.5 Å². The largest absolute Gasteiger partial charge is 0.454 e. The number of hydrogen-bond acceptors (Lipinski definition) is 6. The van der Waals surface area contributed by atoms with Crippen LogP contribution < -0.4 is 14.3 Å². The molecule has 0 bridgehead atoms. The van der Waals surface area contributed by atoms with Crippen LogP contribution in [-0.2, 0) is 16.6 Å². The van der Waals surface area contributed by atoms with E-state index >= 15 is 0 Å². The van der Waals surface area contributed by atoms with Gasteiger partial charge < -0.3 is 14.0 Å². The van der Waals surface area contributed by atoms with E-state index in [1.54, 1.807) is 19.9 Å². The van der Waals surface area contributed by atoms with E-state index in [0.29, 0.717) is 41.5 Å². The molecule has 0 atom stereocenters. The van der Waals surface area contributed by atoms with Gasteiger partial charge in [-0.3, -0.25) is 4.79 Å². The quantitative estimate of drug-likeness (QED) is 0.491. The Morgan fingerprint density at radius 3 is 2.47 bits per heavy atom. The molecule has 10 heteroatoms. The fourth-order valence-electron chi connectivity index (χ4n) is 3.48. The van der Waals surface area contributed by atoms with Crippen LogP contribution in [-0.4, -0.2) is 43.1 Å². The molecule has 1 aliphatic rings. The molecule has 4 rings (SSSR count). The summed E-state index contributed by atoms with van der Waals surface area (Å²) < 4.78 is 40.4. The van der Waals surface area contributed by atoms with Crippen LogP contribution in [0, 0.1) is 0 Å². The van der Waals surface area contributed by atoms with Gasteiger partial charge >= 0.3 is 0 Å². The Kier molecular flexibility index (Phi) is 6.18. The van der Waals surface area contributed by atoms with Crippen LogP contribution in [0.2, 0.25) is 0 Å². The number of fused-ring (bicyclic) bond motifs is 2. The van der Waals surface area contributed by atoms with Gasteiger partial charge in [0.25, 0.3) is 5.91 Å². The van der Waals surface area contributed by atoms with Crippen molar-refractivity contribution in [2.24, 2.45) is 4.99 Å². The van der Waals surface area contributed by atoms with Crippen LogP contribution in [0.1, 0.15) is 24.2 Å². The SMILES string of the molecule is C=CCn1c(=NC(=O)c2ccc(S(=O)(=O)N(CC)CC)cc2)sc2cc3c(cc21)OCO3. The minimum absolute atomic E-state index is 0.149. The van der Waals surface area contributed by atoms with Crippen LogP contribution in [0.15, 0.2) is 58.9 Å². The summed E-state index contributed by atoms with van der Waals surface area (Å²) >= 11 is 1.36. The van der Waals surface area contributed by atoms with E-state index < -0.39 is 15.9 Å². The van der Waals surface area contributed by atoms with Gasteiger partial charge in [0.15, 0.2) is 16.3 Å². The molecule has 1 aliphatic heterocycles. The Morgan fingerprint density at radius 1 is 1.19 bits per heavy atom. The lowest BCUT2D eigenvalue weighted by molar-refractivity contribution is 0.0997. The lowest BCUT2D eigenvalue weighted by atomic mass is 10.2. The fraction of sp³-hybridized carbons (Fsp3) is 0.273. The third kappa shape index (κ3) is 3.96. The number of aromatic nitrogens is 1. The van der Waals surface area contributed by atoms with Crippen molar-refractivity contribution in [3.05, 3.63) is 59.4 Å². The van der Waals surface area contributed by atoms with Gasteiger partial charge in [0, 0.05) is 37.3 Å². The second-order valence-electron chi connectivity index (χ2n) is 6.99. The molecular formula is C22H23N3O5S2. The van der Waals surface area contributed by atoms with Crippen LogP contribution in [0.4, 0.5) is 0 Å². The number of carbonyl (C=O) groups excluding carboxylic acids is 1. The molecule has 0 unspecified atom stereocenters. The number of thiazole rings is 1. The highest BCUT2D eigenvalue weighted by molar-refractivity contribution is 7.89. The van der Waals surface area contributed by atoms with E-state index in [0.717, 1.165) is 10.2 Å². The Morgan fingerprint density at radius 2 is 1.84 bits per heavy atom. The molecule has 0 saturated carbocycles. The predicted molar refractivity (Wildman–Crippen MR) is 123 cm³/mol. The van der Waals surface area contributed by atoms with Crippen LogP contribution in [0.25, 0.3) is 10.2 Å². The average molecular weight is 474 g/mol. The highest BCUT2D eigenvalue weighted by Gasteiger charge is 2.22. The first-order valence-electron chi connectivity index (χ1n) is 10.1. The lowest BCUT2D eigenvalue weighted by Gasteiger charge is -2.18. The first kappa shape index (κ1) is 22.3. The summed E-state index contributed by atoms with van der Waals surface area (Å²) in [6.07, 6.45) is 1.73. The number of rotatable bonds is 7. The second kappa shape index (κ2) is 8.89. The zero-order chi connectivity index (χ0) is 22.9. The Labute approximate surface area is 190 Å². The van der Waals surface area contributed by atoms with Gasteiger partial charge in [0.05, 0.1) is 15.1 Å². The van der Waals surface area contributed by atoms with Gasteiger partial charge in [0.2, 0.25) is 16.8 Å². The first-order valence-corrected chi connectivity index (χ1v) is 12.4. The second-order valence-corrected chi connectivity index (χ2v) is 9.93. The number of nitrogens with zero attached hydrogens (tertiary/aromatic N) is 3. The Bertz CT molecular complexity index is 1350. The summed E-state index contributed by atoms with van der Waals surface area (Å²) in [5.41, 5.74) is 1.17. The monoisotopic (exact) mass is 473 g/mol. The van der Waals surface area contributed by atoms with Crippen LogP contribution in [0.5, 0.6) is 11.5 Å². The fourth-order valence-corrected chi connectivity index (χ4v) is 5.99. The number of allylic oxidation sites excluding steroid dienone is 1. The molecule has 168 valence electrons. The van der Waals surface area contributed by atoms with Crippen molar-refractivity contribution in [2.75, 3.05) is 19.9 Å². The number of benzene rings is 2. The van der Waals surface area contributed by atoms with Crippen molar-refractivity contribution in [3.63, 3.8) is 0 Å². The molecule has 0 radical (unpaired) electrons. The van der Waals surface area contributed by atoms with Gasteiger partial charge in [-0.1, -0.05) is 31.3 Å². The normalized spacial score (nSPS) is 13.8. The maximum Gasteiger partial charge on any atom is 0.279 e. The maximum atomic E-state index is 12.8. The highest BCUT2D eigenvalue weighted by Crippen LogP contribution is 2.37. The number of ether oxygens (including phenoxy) is 2. The molecular weight excluding hydrogens is 450 g/mol. The van der Waals surface area contributed by atoms with Crippen LogP contribution >= 0.6 is 11.3 Å². The molecule has 1 aromatic heterocycles. The molecule has 2 aromatic carbocycles. The number of amides is 1. The molecule has 0 fully saturated rings. The van der Waals surface area contributed by atoms with Crippen molar-refractivity contribution < 1.29 is 22.7 Å². The van der Waals surface area contributed by atoms with Gasteiger partial charge in [-0.05, 0) is 24.3 Å². The number of carbonyl (C=O) groups is 1. The molecule has 0 N–H and O–H groups in total. The van der Waals surface area contributed by atoms with E-state index in [1.165, 1.54) is 39.9 Å². The molecule has 3 aromatic rings. The molecule has 1 amide bonds. The van der Waals surface area contributed by atoms with Gasteiger partial charge in [-0.25, -0.2) is 8.42 Å². The van der Waals surface area contributed by atoms with Crippen molar-refractivity contribution >= 4 is 37.5 Å². The Hall–Kier alpha value is -2.95. The number of sulfonamides is 1. The zero-order valence-electron chi connectivity index (χ0n) is 17.8. The molecule has 0 saturated heterocycles. The summed E-state index contributed by atoms with van der Waals surface area (Å²) in [5.74, 6) is 0.851. The highest BCUT2D eigenvalue weighted by atomic mass is 32.2. The van der Waals surface area contributed by atoms with E-state index in [9.17, 15) is 13.2 Å². The molecule has 2 heterocycles. The molecule has 8 nitrogen and oxygen atoms in total. The van der Waals surface area contributed by atoms with Crippen molar-refractivity contribution in [1.29, 1.82) is 0 Å². The Balaban J connectivity index is 1.70. The maximum absolute atomic E-state index is 12.8. The van der Waals surface area contributed by atoms with E-state index in [4.69, 9.17) is 9.47 Å². The van der Waals surface area contributed by atoms with Crippen LogP contribution in [0.3, 0.4) is 0 Å². The first-order chi connectivity index (χ1) is 15.4. The van der Waals surface area contributed by atoms with Gasteiger partial charge in [0.1, 0.15) is 0 Å². The molecule has 0 spiro atoms. The van der Waals surface area contributed by atoms with Gasteiger partial charge in [-0.2, -0.15) is 9.30 Å². The van der Waals surface area contributed by atoms with Crippen molar-refractivity contribution in [1.82, 2.24) is 8.87 Å². The minimum atomic E-state index is -3.58. The molecule has 32 heavy (non-hydrogen) atoms. The summed E-state index contributed by atoms with van der Waals surface area (Å²) in [4.78, 5) is 17.8. The van der Waals surface area contributed by atoms with E-state index in [2.05, 4.69) is 11.6 Å². The predicted octanol–water partition coefficient (Wildman–Crippen LogP) is 3.39. The summed E-state index contributed by atoms with van der Waals surface area (Å²) in [6, 6.07) is 9.61. The third-order valence-electron chi connectivity index (χ3n) is 5.13.